The number of hydrogen-bond donors (Lipinski definition) is 2. The van der Waals surface area contributed by atoms with Gasteiger partial charge in [0.2, 0.25) is 0 Å². The first-order valence-electron chi connectivity index (χ1n) is 2.76. The van der Waals surface area contributed by atoms with Crippen molar-refractivity contribution in [3.8, 4) is 0 Å². The second kappa shape index (κ2) is 4.59. The smallest absolute Gasteiger partial charge is 0.332 e. The molecule has 0 rings (SSSR count). The van der Waals surface area contributed by atoms with Crippen LogP contribution >= 0.6 is 0 Å². The summed E-state index contributed by atoms with van der Waals surface area (Å²) in [5.74, 6) is -1.73. The second-order valence-electron chi connectivity index (χ2n) is 0.741. The molecule has 0 aliphatic carbocycles. The van der Waals surface area contributed by atoms with Gasteiger partial charge in [0.05, 0.1) is 0 Å². The van der Waals surface area contributed by atoms with E-state index in [0.717, 1.165) is 0 Å². The number of hydrogen-bond acceptors (Lipinski definition) is 2. The fourth-order valence-corrected chi connectivity index (χ4v) is 0. The van der Waals surface area contributed by atoms with Crippen LogP contribution in [0.4, 0.5) is 0 Å². The van der Waals surface area contributed by atoms with Crippen molar-refractivity contribution >= 4 is 35.5 Å². The third-order valence-corrected chi connectivity index (χ3v) is 0.234. The molecule has 0 heterocycles. The van der Waals surface area contributed by atoms with E-state index < -0.39 is 18.9 Å². The molecular weight excluding hydrogens is 107 g/mol. The molecule has 4 heteroatoms. The standard InChI is InChI=1S/C3H6O3.Na/c1-2(4)3(5)6;/h2,4H,1H3,(H,5,6);/i1D3;. The molecule has 0 saturated heterocycles. The summed E-state index contributed by atoms with van der Waals surface area (Å²) >= 11 is 0. The molecule has 2 N–H and O–H groups in total. The molecule has 37 valence electrons. The van der Waals surface area contributed by atoms with Gasteiger partial charge in [-0.2, -0.15) is 0 Å². The van der Waals surface area contributed by atoms with Crippen LogP contribution in [0.3, 0.4) is 0 Å². The molecule has 0 fully saturated rings. The topological polar surface area (TPSA) is 57.5 Å². The van der Waals surface area contributed by atoms with Gasteiger partial charge in [0.25, 0.3) is 0 Å². The van der Waals surface area contributed by atoms with Crippen molar-refractivity contribution in [2.24, 2.45) is 0 Å². The minimum atomic E-state index is -2.81. The van der Waals surface area contributed by atoms with Crippen LogP contribution in [0.1, 0.15) is 11.0 Å². The normalized spacial score (nSPS) is 19.9. The summed E-state index contributed by atoms with van der Waals surface area (Å²) in [6.07, 6.45) is -2.27. The Labute approximate surface area is 67.8 Å². The van der Waals surface area contributed by atoms with Crippen molar-refractivity contribution in [3.05, 3.63) is 0 Å². The zero-order valence-corrected chi connectivity index (χ0v) is 5.88. The Morgan fingerprint density at radius 1 is 2.00 bits per heavy atom. The summed E-state index contributed by atoms with van der Waals surface area (Å²) in [6, 6.07) is 0. The molecule has 0 aromatic carbocycles. The molecule has 0 aromatic rings. The minimum absolute atomic E-state index is 0. The summed E-state index contributed by atoms with van der Waals surface area (Å²) < 4.78 is 19.1. The van der Waals surface area contributed by atoms with Crippen molar-refractivity contribution < 1.29 is 19.1 Å². The Morgan fingerprint density at radius 2 is 2.43 bits per heavy atom. The molecule has 7 heavy (non-hydrogen) atoms. The van der Waals surface area contributed by atoms with Gasteiger partial charge in [0.15, 0.2) is 0 Å². The van der Waals surface area contributed by atoms with Crippen molar-refractivity contribution in [3.63, 3.8) is 0 Å². The molecule has 1 unspecified atom stereocenters. The number of aliphatic hydroxyl groups is 1. The van der Waals surface area contributed by atoms with Crippen molar-refractivity contribution in [1.82, 2.24) is 0 Å². The summed E-state index contributed by atoms with van der Waals surface area (Å²) in [6.45, 7) is -2.81. The quantitative estimate of drug-likeness (QED) is 0.435. The molecule has 0 aliphatic rings. The van der Waals surface area contributed by atoms with Gasteiger partial charge >= 0.3 is 5.97 Å². The second-order valence-corrected chi connectivity index (χ2v) is 0.741. The first kappa shape index (κ1) is 4.32. The van der Waals surface area contributed by atoms with E-state index >= 15 is 0 Å². The van der Waals surface area contributed by atoms with E-state index in [0.29, 0.717) is 0 Å². The van der Waals surface area contributed by atoms with E-state index in [1.807, 2.05) is 0 Å². The SMILES string of the molecule is [2H]C([2H])([2H])C(O)C(=O)O.[Na]. The predicted octanol–water partition coefficient (Wildman–Crippen LogP) is -0.929. The van der Waals surface area contributed by atoms with Crippen LogP contribution in [0.25, 0.3) is 0 Å². The van der Waals surface area contributed by atoms with Crippen LogP contribution in [0.15, 0.2) is 0 Å². The first-order valence-corrected chi connectivity index (χ1v) is 1.26. The Bertz CT molecular complexity index is 123. The molecule has 3 nitrogen and oxygen atoms in total. The predicted molar refractivity (Wildman–Crippen MR) is 25.1 cm³/mol. The summed E-state index contributed by atoms with van der Waals surface area (Å²) in [4.78, 5) is 9.74. The number of aliphatic hydroxyl groups excluding tert-OH is 1. The fourth-order valence-electron chi connectivity index (χ4n) is 0. The van der Waals surface area contributed by atoms with Crippen LogP contribution in [-0.2, 0) is 4.79 Å². The van der Waals surface area contributed by atoms with Gasteiger partial charge in [-0.25, -0.2) is 4.79 Å². The number of rotatable bonds is 1. The third-order valence-electron chi connectivity index (χ3n) is 0.234. The Hall–Kier alpha value is 0.430. The summed E-state index contributed by atoms with van der Waals surface area (Å²) in [7, 11) is 0. The zero-order chi connectivity index (χ0) is 7.65. The summed E-state index contributed by atoms with van der Waals surface area (Å²) in [5, 5.41) is 16.2. The van der Waals surface area contributed by atoms with Gasteiger partial charge in [-0.3, -0.25) is 0 Å². The van der Waals surface area contributed by atoms with E-state index in [1.54, 1.807) is 0 Å². The van der Waals surface area contributed by atoms with Crippen molar-refractivity contribution in [2.45, 2.75) is 13.0 Å². The van der Waals surface area contributed by atoms with Gasteiger partial charge in [0.1, 0.15) is 6.10 Å². The molecule has 0 aliphatic heterocycles. The van der Waals surface area contributed by atoms with Crippen molar-refractivity contribution in [1.29, 1.82) is 0 Å². The summed E-state index contributed by atoms with van der Waals surface area (Å²) in [5.41, 5.74) is 0. The van der Waals surface area contributed by atoms with E-state index in [2.05, 4.69) is 0 Å². The third kappa shape index (κ3) is 6.43. The van der Waals surface area contributed by atoms with Gasteiger partial charge in [0, 0.05) is 33.7 Å². The van der Waals surface area contributed by atoms with Crippen LogP contribution in [0, 0.1) is 0 Å². The van der Waals surface area contributed by atoms with Gasteiger partial charge < -0.3 is 10.2 Å². The minimum Gasteiger partial charge on any atom is -0.479 e. The average Bonchev–Trinajstić information content (AvgIpc) is 1.62. The van der Waals surface area contributed by atoms with Crippen LogP contribution in [0.5, 0.6) is 0 Å². The van der Waals surface area contributed by atoms with E-state index in [1.165, 1.54) is 0 Å². The number of carbonyl (C=O) groups is 1. The van der Waals surface area contributed by atoms with Crippen molar-refractivity contribution in [2.75, 3.05) is 0 Å². The molecule has 0 bridgehead atoms. The maximum atomic E-state index is 9.74. The van der Waals surface area contributed by atoms with Gasteiger partial charge in [-0.05, 0) is 6.85 Å². The van der Waals surface area contributed by atoms with E-state index in [9.17, 15) is 4.79 Å². The Kier molecular flexibility index (Phi) is 2.83. The molecule has 1 atom stereocenters. The molecule has 0 spiro atoms. The number of carboxylic acid groups (broad SMARTS) is 1. The molecule has 0 saturated carbocycles. The molecule has 0 aromatic heterocycles. The van der Waals surface area contributed by atoms with E-state index in [4.69, 9.17) is 14.3 Å². The maximum Gasteiger partial charge on any atom is 0.332 e. The molecule has 1 radical (unpaired) electrons. The fraction of sp³-hybridized carbons (Fsp3) is 0.667. The van der Waals surface area contributed by atoms with Crippen LogP contribution < -0.4 is 0 Å². The van der Waals surface area contributed by atoms with Gasteiger partial charge in [-0.1, -0.05) is 0 Å². The molecule has 0 amide bonds. The van der Waals surface area contributed by atoms with Gasteiger partial charge in [-0.15, -0.1) is 0 Å². The number of carboxylic acids is 1. The van der Waals surface area contributed by atoms with Crippen LogP contribution in [0.2, 0.25) is 0 Å². The Morgan fingerprint density at radius 3 is 2.43 bits per heavy atom. The average molecular weight is 116 g/mol. The van der Waals surface area contributed by atoms with E-state index in [-0.39, 0.29) is 29.6 Å². The monoisotopic (exact) mass is 116 g/mol. The maximum absolute atomic E-state index is 9.74. The Balaban J connectivity index is 0. The van der Waals surface area contributed by atoms with Crippen LogP contribution in [-0.4, -0.2) is 51.8 Å². The number of aliphatic carboxylic acids is 1. The molecular formula is C3H6NaO3. The first-order chi connectivity index (χ1) is 3.85. The zero-order valence-electron chi connectivity index (χ0n) is 6.88. The largest absolute Gasteiger partial charge is 0.479 e.